The zero-order valence-electron chi connectivity index (χ0n) is 8.70. The summed E-state index contributed by atoms with van der Waals surface area (Å²) in [5, 5.41) is 0. The molecule has 1 aromatic heterocycles. The van der Waals surface area contributed by atoms with Gasteiger partial charge in [-0.15, -0.1) is 0 Å². The molecule has 0 spiro atoms. The maximum atomic E-state index is 4.00. The molecular weight excluding hydrogens is 160 g/mol. The third kappa shape index (κ3) is 3.15. The highest BCUT2D eigenvalue weighted by Crippen LogP contribution is 2.06. The quantitative estimate of drug-likeness (QED) is 0.703. The average molecular weight is 178 g/mol. The van der Waals surface area contributed by atoms with Crippen LogP contribution in [0.4, 0.5) is 0 Å². The zero-order valence-corrected chi connectivity index (χ0v) is 8.70. The van der Waals surface area contributed by atoms with Gasteiger partial charge in [0.2, 0.25) is 0 Å². The van der Waals surface area contributed by atoms with E-state index in [0.29, 0.717) is 6.04 Å². The van der Waals surface area contributed by atoms with Gasteiger partial charge in [-0.25, -0.2) is 0 Å². The normalized spacial score (nSPS) is 13.2. The van der Waals surface area contributed by atoms with Gasteiger partial charge in [-0.1, -0.05) is 6.92 Å². The van der Waals surface area contributed by atoms with E-state index in [1.165, 1.54) is 12.0 Å². The van der Waals surface area contributed by atoms with Crippen LogP contribution in [-0.2, 0) is 6.54 Å². The summed E-state index contributed by atoms with van der Waals surface area (Å²) in [6.45, 7) is 5.48. The summed E-state index contributed by atoms with van der Waals surface area (Å²) in [4.78, 5) is 6.36. The van der Waals surface area contributed by atoms with E-state index < -0.39 is 0 Å². The first-order valence-electron chi connectivity index (χ1n) is 4.83. The second-order valence-corrected chi connectivity index (χ2v) is 3.53. The molecule has 2 heteroatoms. The van der Waals surface area contributed by atoms with Crippen molar-refractivity contribution in [2.45, 2.75) is 32.9 Å². The molecule has 72 valence electrons. The smallest absolute Gasteiger partial charge is 0.0271 e. The van der Waals surface area contributed by atoms with Crippen LogP contribution in [0.1, 0.15) is 25.8 Å². The first-order valence-corrected chi connectivity index (χ1v) is 4.83. The van der Waals surface area contributed by atoms with Gasteiger partial charge in [0, 0.05) is 25.0 Å². The molecular formula is C11H18N2. The standard InChI is InChI=1S/C11H18N2/c1-4-10(2)13(3)9-11-5-7-12-8-6-11/h5-8,10H,4,9H2,1-3H3. The maximum absolute atomic E-state index is 4.00. The first kappa shape index (κ1) is 10.2. The fourth-order valence-electron chi connectivity index (χ4n) is 1.24. The van der Waals surface area contributed by atoms with Crippen LogP contribution in [0.3, 0.4) is 0 Å². The molecule has 0 N–H and O–H groups in total. The highest BCUT2D eigenvalue weighted by molar-refractivity contribution is 5.09. The molecule has 0 saturated carbocycles. The summed E-state index contributed by atoms with van der Waals surface area (Å²) in [6, 6.07) is 4.78. The van der Waals surface area contributed by atoms with Crippen LogP contribution in [-0.4, -0.2) is 23.0 Å². The van der Waals surface area contributed by atoms with Crippen LogP contribution in [0.15, 0.2) is 24.5 Å². The largest absolute Gasteiger partial charge is 0.299 e. The minimum atomic E-state index is 0.646. The van der Waals surface area contributed by atoms with Crippen molar-refractivity contribution in [2.24, 2.45) is 0 Å². The fraction of sp³-hybridized carbons (Fsp3) is 0.545. The second kappa shape index (κ2) is 4.97. The van der Waals surface area contributed by atoms with E-state index in [9.17, 15) is 0 Å². The van der Waals surface area contributed by atoms with Crippen molar-refractivity contribution >= 4 is 0 Å². The van der Waals surface area contributed by atoms with Crippen molar-refractivity contribution in [2.75, 3.05) is 7.05 Å². The predicted molar refractivity (Wildman–Crippen MR) is 55.5 cm³/mol. The van der Waals surface area contributed by atoms with Crippen LogP contribution in [0.2, 0.25) is 0 Å². The van der Waals surface area contributed by atoms with Crippen molar-refractivity contribution in [3.05, 3.63) is 30.1 Å². The van der Waals surface area contributed by atoms with Gasteiger partial charge >= 0.3 is 0 Å². The Hall–Kier alpha value is -0.890. The summed E-state index contributed by atoms with van der Waals surface area (Å²) in [5.41, 5.74) is 1.33. The van der Waals surface area contributed by atoms with Gasteiger partial charge in [0.15, 0.2) is 0 Å². The highest BCUT2D eigenvalue weighted by atomic mass is 15.1. The van der Waals surface area contributed by atoms with Gasteiger partial charge < -0.3 is 0 Å². The lowest BCUT2D eigenvalue weighted by atomic mass is 10.2. The van der Waals surface area contributed by atoms with Gasteiger partial charge in [-0.05, 0) is 38.1 Å². The summed E-state index contributed by atoms with van der Waals surface area (Å²) < 4.78 is 0. The number of rotatable bonds is 4. The topological polar surface area (TPSA) is 16.1 Å². The summed E-state index contributed by atoms with van der Waals surface area (Å²) in [6.07, 6.45) is 4.89. The molecule has 0 bridgehead atoms. The number of aromatic nitrogens is 1. The molecule has 2 nitrogen and oxygen atoms in total. The maximum Gasteiger partial charge on any atom is 0.0271 e. The molecule has 0 amide bonds. The van der Waals surface area contributed by atoms with Gasteiger partial charge in [0.1, 0.15) is 0 Å². The van der Waals surface area contributed by atoms with Crippen LogP contribution >= 0.6 is 0 Å². The van der Waals surface area contributed by atoms with E-state index in [2.05, 4.69) is 42.9 Å². The third-order valence-corrected chi connectivity index (χ3v) is 2.52. The number of hydrogen-bond donors (Lipinski definition) is 0. The Kier molecular flexibility index (Phi) is 3.90. The van der Waals surface area contributed by atoms with E-state index in [-0.39, 0.29) is 0 Å². The molecule has 13 heavy (non-hydrogen) atoms. The molecule has 0 aliphatic heterocycles. The Labute approximate surface area is 80.6 Å². The van der Waals surface area contributed by atoms with Crippen molar-refractivity contribution in [3.8, 4) is 0 Å². The van der Waals surface area contributed by atoms with Gasteiger partial charge in [0.05, 0.1) is 0 Å². The molecule has 1 unspecified atom stereocenters. The summed E-state index contributed by atoms with van der Waals surface area (Å²) in [7, 11) is 2.16. The third-order valence-electron chi connectivity index (χ3n) is 2.52. The molecule has 0 radical (unpaired) electrons. The summed E-state index contributed by atoms with van der Waals surface area (Å²) >= 11 is 0. The second-order valence-electron chi connectivity index (χ2n) is 3.53. The Morgan fingerprint density at radius 3 is 2.54 bits per heavy atom. The van der Waals surface area contributed by atoms with E-state index in [4.69, 9.17) is 0 Å². The predicted octanol–water partition coefficient (Wildman–Crippen LogP) is 2.31. The molecule has 1 heterocycles. The van der Waals surface area contributed by atoms with Crippen molar-refractivity contribution in [3.63, 3.8) is 0 Å². The Morgan fingerprint density at radius 2 is 2.00 bits per heavy atom. The Balaban J connectivity index is 2.50. The molecule has 0 aliphatic rings. The minimum absolute atomic E-state index is 0.646. The van der Waals surface area contributed by atoms with Crippen molar-refractivity contribution < 1.29 is 0 Å². The monoisotopic (exact) mass is 178 g/mol. The average Bonchev–Trinajstić information content (AvgIpc) is 2.18. The van der Waals surface area contributed by atoms with Crippen LogP contribution in [0, 0.1) is 0 Å². The first-order chi connectivity index (χ1) is 6.24. The fourth-order valence-corrected chi connectivity index (χ4v) is 1.24. The Bertz CT molecular complexity index is 233. The molecule has 1 rings (SSSR count). The highest BCUT2D eigenvalue weighted by Gasteiger charge is 2.06. The van der Waals surface area contributed by atoms with Crippen molar-refractivity contribution in [1.82, 2.24) is 9.88 Å². The van der Waals surface area contributed by atoms with E-state index in [0.717, 1.165) is 6.54 Å². The molecule has 1 aromatic rings. The lowest BCUT2D eigenvalue weighted by molar-refractivity contribution is 0.244. The SMILES string of the molecule is CCC(C)N(C)Cc1ccncc1. The number of hydrogen-bond acceptors (Lipinski definition) is 2. The molecule has 0 fully saturated rings. The molecule has 0 aromatic carbocycles. The number of nitrogens with zero attached hydrogens (tertiary/aromatic N) is 2. The lowest BCUT2D eigenvalue weighted by Gasteiger charge is -2.23. The van der Waals surface area contributed by atoms with Crippen molar-refractivity contribution in [1.29, 1.82) is 0 Å². The van der Waals surface area contributed by atoms with E-state index in [1.54, 1.807) is 0 Å². The zero-order chi connectivity index (χ0) is 9.68. The summed E-state index contributed by atoms with van der Waals surface area (Å²) in [5.74, 6) is 0. The molecule has 0 saturated heterocycles. The van der Waals surface area contributed by atoms with Gasteiger partial charge in [-0.2, -0.15) is 0 Å². The van der Waals surface area contributed by atoms with Crippen LogP contribution < -0.4 is 0 Å². The Morgan fingerprint density at radius 1 is 1.38 bits per heavy atom. The minimum Gasteiger partial charge on any atom is -0.299 e. The van der Waals surface area contributed by atoms with E-state index >= 15 is 0 Å². The number of pyridine rings is 1. The lowest BCUT2D eigenvalue weighted by Crippen LogP contribution is -2.27. The molecule has 0 aliphatic carbocycles. The van der Waals surface area contributed by atoms with Gasteiger partial charge in [0.25, 0.3) is 0 Å². The molecule has 1 atom stereocenters. The van der Waals surface area contributed by atoms with Crippen LogP contribution in [0.25, 0.3) is 0 Å². The van der Waals surface area contributed by atoms with Crippen LogP contribution in [0.5, 0.6) is 0 Å². The van der Waals surface area contributed by atoms with Gasteiger partial charge in [-0.3, -0.25) is 9.88 Å². The van der Waals surface area contributed by atoms with E-state index in [1.807, 2.05) is 12.4 Å².